The number of rotatable bonds is 5. The van der Waals surface area contributed by atoms with Gasteiger partial charge in [0.1, 0.15) is 5.82 Å². The minimum atomic E-state index is -6.39. The van der Waals surface area contributed by atoms with Crippen molar-refractivity contribution in [3.63, 3.8) is 0 Å². The zero-order valence-corrected chi connectivity index (χ0v) is 9.66. The number of nitrogens with one attached hydrogen (secondary N) is 1. The summed E-state index contributed by atoms with van der Waals surface area (Å²) in [6.45, 7) is 1.78. The molecular weight excluding hydrogens is 283 g/mol. The fraction of sp³-hybridized carbons (Fsp3) is 0.778. The lowest BCUT2D eigenvalue weighted by Crippen LogP contribution is -2.50. The maximum atomic E-state index is 13.2. The lowest BCUT2D eigenvalue weighted by atomic mass is 10.1. The summed E-state index contributed by atoms with van der Waals surface area (Å²) >= 11 is 0. The molecule has 1 N–H and O–H groups in total. The van der Waals surface area contributed by atoms with Crippen LogP contribution in [0.3, 0.4) is 0 Å². The summed E-state index contributed by atoms with van der Waals surface area (Å²) in [5.74, 6) is -13.8. The van der Waals surface area contributed by atoms with Crippen molar-refractivity contribution in [2.45, 2.75) is 44.2 Å². The molecule has 0 aliphatic heterocycles. The van der Waals surface area contributed by atoms with Gasteiger partial charge in [0.2, 0.25) is 5.82 Å². The third kappa shape index (κ3) is 2.81. The van der Waals surface area contributed by atoms with Crippen molar-refractivity contribution in [2.75, 3.05) is 0 Å². The third-order valence-corrected chi connectivity index (χ3v) is 2.33. The van der Waals surface area contributed by atoms with Gasteiger partial charge in [0, 0.05) is 6.42 Å². The number of unbranched alkanes of at least 4 members (excludes halogenated alkanes) is 1. The van der Waals surface area contributed by atoms with E-state index in [-0.39, 0.29) is 12.2 Å². The molecule has 0 saturated carbocycles. The van der Waals surface area contributed by atoms with Crippen molar-refractivity contribution in [3.8, 4) is 0 Å². The fourth-order valence-electron chi connectivity index (χ4n) is 1.21. The second kappa shape index (κ2) is 4.97. The van der Waals surface area contributed by atoms with Gasteiger partial charge in [0.05, 0.1) is 0 Å². The SMILES string of the molecule is CCCCc1nc(C(F)(F)C(F)(F)C(F)(F)F)n[nH]1. The molecule has 0 saturated heterocycles. The van der Waals surface area contributed by atoms with Crippen LogP contribution in [0.1, 0.15) is 31.4 Å². The lowest BCUT2D eigenvalue weighted by Gasteiger charge is -2.25. The van der Waals surface area contributed by atoms with Gasteiger partial charge in [-0.15, -0.1) is 0 Å². The molecule has 0 spiro atoms. The Morgan fingerprint density at radius 2 is 1.63 bits per heavy atom. The van der Waals surface area contributed by atoms with E-state index in [4.69, 9.17) is 0 Å². The average molecular weight is 293 g/mol. The van der Waals surface area contributed by atoms with Crippen molar-refractivity contribution in [1.29, 1.82) is 0 Å². The van der Waals surface area contributed by atoms with Gasteiger partial charge in [0.25, 0.3) is 0 Å². The van der Waals surface area contributed by atoms with E-state index in [2.05, 4.69) is 10.1 Å². The van der Waals surface area contributed by atoms with Gasteiger partial charge in [0.15, 0.2) is 0 Å². The molecule has 3 nitrogen and oxygen atoms in total. The number of aromatic amines is 1. The van der Waals surface area contributed by atoms with Crippen LogP contribution in [0.15, 0.2) is 0 Å². The quantitative estimate of drug-likeness (QED) is 0.845. The number of hydrogen-bond donors (Lipinski definition) is 1. The van der Waals surface area contributed by atoms with Crippen LogP contribution in [-0.4, -0.2) is 27.3 Å². The molecule has 1 heterocycles. The number of halogens is 7. The summed E-state index contributed by atoms with van der Waals surface area (Å²) in [7, 11) is 0. The zero-order chi connectivity index (χ0) is 14.9. The van der Waals surface area contributed by atoms with E-state index in [0.29, 0.717) is 12.8 Å². The van der Waals surface area contributed by atoms with Gasteiger partial charge in [-0.2, -0.15) is 35.8 Å². The monoisotopic (exact) mass is 293 g/mol. The Balaban J connectivity index is 3.03. The molecule has 1 aromatic heterocycles. The normalized spacial score (nSPS) is 13.9. The van der Waals surface area contributed by atoms with Crippen molar-refractivity contribution in [2.24, 2.45) is 0 Å². The molecule has 110 valence electrons. The Morgan fingerprint density at radius 1 is 1.05 bits per heavy atom. The Kier molecular flexibility index (Phi) is 4.11. The molecule has 1 aromatic rings. The summed E-state index contributed by atoms with van der Waals surface area (Å²) in [6.07, 6.45) is -5.07. The van der Waals surface area contributed by atoms with Gasteiger partial charge in [-0.05, 0) is 6.42 Å². The van der Waals surface area contributed by atoms with E-state index in [1.54, 1.807) is 6.92 Å². The van der Waals surface area contributed by atoms with Crippen molar-refractivity contribution in [1.82, 2.24) is 15.2 Å². The number of aromatic nitrogens is 3. The van der Waals surface area contributed by atoms with Crippen LogP contribution >= 0.6 is 0 Å². The molecular formula is C9H10F7N3. The van der Waals surface area contributed by atoms with E-state index in [1.807, 2.05) is 5.10 Å². The van der Waals surface area contributed by atoms with Gasteiger partial charge < -0.3 is 0 Å². The molecule has 0 amide bonds. The van der Waals surface area contributed by atoms with Gasteiger partial charge in [-0.1, -0.05) is 13.3 Å². The highest BCUT2D eigenvalue weighted by Crippen LogP contribution is 2.50. The molecule has 10 heteroatoms. The second-order valence-corrected chi connectivity index (χ2v) is 3.86. The van der Waals surface area contributed by atoms with Crippen LogP contribution < -0.4 is 0 Å². The predicted molar refractivity (Wildman–Crippen MR) is 49.9 cm³/mol. The van der Waals surface area contributed by atoms with Crippen LogP contribution in [0, 0.1) is 0 Å². The molecule has 0 bridgehead atoms. The van der Waals surface area contributed by atoms with Crippen molar-refractivity contribution >= 4 is 0 Å². The average Bonchev–Trinajstić information content (AvgIpc) is 2.73. The molecule has 0 radical (unpaired) electrons. The largest absolute Gasteiger partial charge is 0.460 e. The molecule has 0 aliphatic rings. The topological polar surface area (TPSA) is 41.6 Å². The molecule has 0 fully saturated rings. The van der Waals surface area contributed by atoms with Crippen LogP contribution in [0.5, 0.6) is 0 Å². The maximum absolute atomic E-state index is 13.2. The number of alkyl halides is 7. The van der Waals surface area contributed by atoms with E-state index < -0.39 is 23.8 Å². The highest BCUT2D eigenvalue weighted by Gasteiger charge is 2.75. The number of aryl methyl sites for hydroxylation is 1. The van der Waals surface area contributed by atoms with Gasteiger partial charge in [-0.3, -0.25) is 5.10 Å². The van der Waals surface area contributed by atoms with E-state index >= 15 is 0 Å². The van der Waals surface area contributed by atoms with Crippen LogP contribution in [0.4, 0.5) is 30.7 Å². The van der Waals surface area contributed by atoms with Crippen LogP contribution in [-0.2, 0) is 12.3 Å². The van der Waals surface area contributed by atoms with Crippen molar-refractivity contribution < 1.29 is 30.7 Å². The fourth-order valence-corrected chi connectivity index (χ4v) is 1.21. The van der Waals surface area contributed by atoms with E-state index in [0.717, 1.165) is 0 Å². The van der Waals surface area contributed by atoms with E-state index in [1.165, 1.54) is 0 Å². The third-order valence-electron chi connectivity index (χ3n) is 2.33. The zero-order valence-electron chi connectivity index (χ0n) is 9.66. The Morgan fingerprint density at radius 3 is 2.11 bits per heavy atom. The Labute approximate surface area is 103 Å². The minimum absolute atomic E-state index is 0.136. The predicted octanol–water partition coefficient (Wildman–Crippen LogP) is 3.44. The molecule has 0 aliphatic carbocycles. The van der Waals surface area contributed by atoms with Gasteiger partial charge >= 0.3 is 18.0 Å². The number of nitrogens with zero attached hydrogens (tertiary/aromatic N) is 2. The highest BCUT2D eigenvalue weighted by atomic mass is 19.4. The Hall–Kier alpha value is -1.35. The molecule has 0 atom stereocenters. The summed E-state index contributed by atoms with van der Waals surface area (Å²) in [4.78, 5) is 3.00. The Bertz CT molecular complexity index is 424. The number of H-pyrrole nitrogens is 1. The van der Waals surface area contributed by atoms with Crippen LogP contribution in [0.2, 0.25) is 0 Å². The molecule has 19 heavy (non-hydrogen) atoms. The first-order chi connectivity index (χ1) is 8.54. The maximum Gasteiger partial charge on any atom is 0.460 e. The highest BCUT2D eigenvalue weighted by molar-refractivity contribution is 5.06. The summed E-state index contributed by atoms with van der Waals surface area (Å²) in [5, 5.41) is 4.68. The van der Waals surface area contributed by atoms with Crippen LogP contribution in [0.25, 0.3) is 0 Å². The summed E-state index contributed by atoms with van der Waals surface area (Å²) < 4.78 is 87.5. The van der Waals surface area contributed by atoms with Crippen molar-refractivity contribution in [3.05, 3.63) is 11.6 Å². The molecule has 1 rings (SSSR count). The molecule has 0 unspecified atom stereocenters. The molecule has 0 aromatic carbocycles. The minimum Gasteiger partial charge on any atom is -0.263 e. The standard InChI is InChI=1S/C9H10F7N3/c1-2-3-4-5-17-6(19-18-5)7(10,11)8(12,13)9(14,15)16/h2-4H2,1H3,(H,17,18,19). The summed E-state index contributed by atoms with van der Waals surface area (Å²) in [5.41, 5.74) is 0. The summed E-state index contributed by atoms with van der Waals surface area (Å²) in [6, 6.07) is 0. The van der Waals surface area contributed by atoms with E-state index in [9.17, 15) is 30.7 Å². The smallest absolute Gasteiger partial charge is 0.263 e. The first kappa shape index (κ1) is 15.7. The first-order valence-corrected chi connectivity index (χ1v) is 5.28. The number of hydrogen-bond acceptors (Lipinski definition) is 2. The second-order valence-electron chi connectivity index (χ2n) is 3.86. The first-order valence-electron chi connectivity index (χ1n) is 5.28. The lowest BCUT2D eigenvalue weighted by molar-refractivity contribution is -0.361. The van der Waals surface area contributed by atoms with Gasteiger partial charge in [-0.25, -0.2) is 4.98 Å².